The Morgan fingerprint density at radius 2 is 2.20 bits per heavy atom. The summed E-state index contributed by atoms with van der Waals surface area (Å²) in [5.41, 5.74) is 0.301. The van der Waals surface area contributed by atoms with Gasteiger partial charge in [-0.2, -0.15) is 0 Å². The molecule has 0 bridgehead atoms. The molecule has 5 nitrogen and oxygen atoms in total. The molecule has 0 aliphatic carbocycles. The molecule has 15 heavy (non-hydrogen) atoms. The molecule has 5 heteroatoms. The Bertz CT molecular complexity index is 359. The van der Waals surface area contributed by atoms with Gasteiger partial charge in [0.1, 0.15) is 5.69 Å². The predicted octanol–water partition coefficient (Wildman–Crippen LogP) is 0.920. The molecule has 1 heterocycles. The van der Waals surface area contributed by atoms with Gasteiger partial charge in [0.05, 0.1) is 5.56 Å². The monoisotopic (exact) mass is 208 g/mol. The van der Waals surface area contributed by atoms with Gasteiger partial charge in [-0.3, -0.25) is 4.79 Å². The van der Waals surface area contributed by atoms with E-state index >= 15 is 0 Å². The number of carboxylic acids is 1. The molecule has 2 N–H and O–H groups in total. The highest BCUT2D eigenvalue weighted by molar-refractivity contribution is 5.94. The number of hydrogen-bond acceptors (Lipinski definition) is 3. The SMILES string of the molecule is CCCNC(=O)c1ccc(C(=O)O)nc1. The second kappa shape index (κ2) is 5.09. The minimum atomic E-state index is -1.10. The highest BCUT2D eigenvalue weighted by atomic mass is 16.4. The molecular weight excluding hydrogens is 196 g/mol. The van der Waals surface area contributed by atoms with E-state index in [4.69, 9.17) is 5.11 Å². The van der Waals surface area contributed by atoms with E-state index in [1.807, 2.05) is 6.92 Å². The van der Waals surface area contributed by atoms with Crippen LogP contribution in [0.5, 0.6) is 0 Å². The number of carboxylic acid groups (broad SMARTS) is 1. The Labute approximate surface area is 87.1 Å². The first kappa shape index (κ1) is 11.2. The maximum atomic E-state index is 11.4. The van der Waals surface area contributed by atoms with Crippen molar-refractivity contribution < 1.29 is 14.7 Å². The Hall–Kier alpha value is -1.91. The molecule has 0 aliphatic rings. The van der Waals surface area contributed by atoms with Gasteiger partial charge in [-0.15, -0.1) is 0 Å². The zero-order valence-corrected chi connectivity index (χ0v) is 8.36. The van der Waals surface area contributed by atoms with Crippen molar-refractivity contribution in [2.75, 3.05) is 6.54 Å². The predicted molar refractivity (Wildman–Crippen MR) is 53.8 cm³/mol. The molecule has 1 aromatic heterocycles. The van der Waals surface area contributed by atoms with Gasteiger partial charge in [-0.1, -0.05) is 6.92 Å². The largest absolute Gasteiger partial charge is 0.477 e. The quantitative estimate of drug-likeness (QED) is 0.771. The fraction of sp³-hybridized carbons (Fsp3) is 0.300. The third-order valence-electron chi connectivity index (χ3n) is 1.78. The van der Waals surface area contributed by atoms with Crippen molar-refractivity contribution in [2.24, 2.45) is 0 Å². The van der Waals surface area contributed by atoms with Crippen LogP contribution in [0.4, 0.5) is 0 Å². The van der Waals surface area contributed by atoms with E-state index in [1.165, 1.54) is 18.3 Å². The average molecular weight is 208 g/mol. The molecule has 0 aromatic carbocycles. The normalized spacial score (nSPS) is 9.67. The summed E-state index contributed by atoms with van der Waals surface area (Å²) >= 11 is 0. The molecule has 0 unspecified atom stereocenters. The Kier molecular flexibility index (Phi) is 3.79. The van der Waals surface area contributed by atoms with Crippen LogP contribution >= 0.6 is 0 Å². The number of amides is 1. The molecule has 1 aromatic rings. The molecule has 0 atom stereocenters. The van der Waals surface area contributed by atoms with Crippen molar-refractivity contribution in [3.05, 3.63) is 29.6 Å². The molecule has 0 fully saturated rings. The van der Waals surface area contributed by atoms with Crippen molar-refractivity contribution in [2.45, 2.75) is 13.3 Å². The van der Waals surface area contributed by atoms with Crippen LogP contribution in [0.3, 0.4) is 0 Å². The second-order valence-electron chi connectivity index (χ2n) is 2.99. The van der Waals surface area contributed by atoms with E-state index in [2.05, 4.69) is 10.3 Å². The summed E-state index contributed by atoms with van der Waals surface area (Å²) < 4.78 is 0. The number of hydrogen-bond donors (Lipinski definition) is 2. The van der Waals surface area contributed by atoms with Gasteiger partial charge in [0, 0.05) is 12.7 Å². The zero-order chi connectivity index (χ0) is 11.3. The summed E-state index contributed by atoms with van der Waals surface area (Å²) in [5.74, 6) is -1.34. The van der Waals surface area contributed by atoms with E-state index in [-0.39, 0.29) is 11.6 Å². The standard InChI is InChI=1S/C10H12N2O3/c1-2-5-11-9(13)7-3-4-8(10(14)15)12-6-7/h3-4,6H,2,5H2,1H3,(H,11,13)(H,14,15). The number of aromatic nitrogens is 1. The van der Waals surface area contributed by atoms with E-state index < -0.39 is 5.97 Å². The van der Waals surface area contributed by atoms with E-state index in [0.717, 1.165) is 6.42 Å². The van der Waals surface area contributed by atoms with E-state index in [0.29, 0.717) is 12.1 Å². The van der Waals surface area contributed by atoms with Crippen molar-refractivity contribution in [1.29, 1.82) is 0 Å². The number of pyridine rings is 1. The van der Waals surface area contributed by atoms with Gasteiger partial charge < -0.3 is 10.4 Å². The Morgan fingerprint density at radius 1 is 1.47 bits per heavy atom. The third-order valence-corrected chi connectivity index (χ3v) is 1.78. The number of carbonyl (C=O) groups is 2. The van der Waals surface area contributed by atoms with Crippen LogP contribution < -0.4 is 5.32 Å². The average Bonchev–Trinajstić information content (AvgIpc) is 2.26. The topological polar surface area (TPSA) is 79.3 Å². The number of aromatic carboxylic acids is 1. The molecule has 80 valence electrons. The fourth-order valence-corrected chi connectivity index (χ4v) is 0.995. The van der Waals surface area contributed by atoms with Crippen molar-refractivity contribution >= 4 is 11.9 Å². The van der Waals surface area contributed by atoms with Gasteiger partial charge in [0.2, 0.25) is 0 Å². The number of carbonyl (C=O) groups excluding carboxylic acids is 1. The molecule has 0 radical (unpaired) electrons. The molecule has 0 aliphatic heterocycles. The second-order valence-corrected chi connectivity index (χ2v) is 2.99. The van der Waals surface area contributed by atoms with E-state index in [9.17, 15) is 9.59 Å². The summed E-state index contributed by atoms with van der Waals surface area (Å²) in [6.07, 6.45) is 2.11. The lowest BCUT2D eigenvalue weighted by Crippen LogP contribution is -2.24. The molecule has 0 spiro atoms. The van der Waals surface area contributed by atoms with Gasteiger partial charge in [-0.25, -0.2) is 9.78 Å². The van der Waals surface area contributed by atoms with Crippen LogP contribution in [-0.4, -0.2) is 28.5 Å². The number of nitrogens with zero attached hydrogens (tertiary/aromatic N) is 1. The summed E-state index contributed by atoms with van der Waals surface area (Å²) in [7, 11) is 0. The van der Waals surface area contributed by atoms with Crippen LogP contribution in [-0.2, 0) is 0 Å². The molecular formula is C10H12N2O3. The number of nitrogens with one attached hydrogen (secondary N) is 1. The zero-order valence-electron chi connectivity index (χ0n) is 8.36. The van der Waals surface area contributed by atoms with Crippen LogP contribution in [0.1, 0.15) is 34.2 Å². The lowest BCUT2D eigenvalue weighted by atomic mass is 10.2. The van der Waals surface area contributed by atoms with Gasteiger partial charge >= 0.3 is 5.97 Å². The van der Waals surface area contributed by atoms with Crippen molar-refractivity contribution in [1.82, 2.24) is 10.3 Å². The smallest absolute Gasteiger partial charge is 0.354 e. The molecule has 0 saturated carbocycles. The minimum Gasteiger partial charge on any atom is -0.477 e. The van der Waals surface area contributed by atoms with Crippen molar-refractivity contribution in [3.63, 3.8) is 0 Å². The molecule has 0 saturated heterocycles. The first-order chi connectivity index (χ1) is 7.15. The molecule has 1 rings (SSSR count). The maximum absolute atomic E-state index is 11.4. The van der Waals surface area contributed by atoms with Gasteiger partial charge in [0.15, 0.2) is 0 Å². The maximum Gasteiger partial charge on any atom is 0.354 e. The summed E-state index contributed by atoms with van der Waals surface area (Å²) in [6.45, 7) is 2.55. The van der Waals surface area contributed by atoms with Crippen molar-refractivity contribution in [3.8, 4) is 0 Å². The van der Waals surface area contributed by atoms with Gasteiger partial charge in [0.25, 0.3) is 5.91 Å². The Balaban J connectivity index is 2.71. The summed E-state index contributed by atoms with van der Waals surface area (Å²) in [6, 6.07) is 2.75. The minimum absolute atomic E-state index is 0.0676. The summed E-state index contributed by atoms with van der Waals surface area (Å²) in [4.78, 5) is 25.5. The Morgan fingerprint density at radius 3 is 2.67 bits per heavy atom. The number of rotatable bonds is 4. The first-order valence-electron chi connectivity index (χ1n) is 4.62. The van der Waals surface area contributed by atoms with Crippen LogP contribution in [0.15, 0.2) is 18.3 Å². The van der Waals surface area contributed by atoms with Crippen LogP contribution in [0, 0.1) is 0 Å². The lowest BCUT2D eigenvalue weighted by molar-refractivity contribution is 0.0689. The summed E-state index contributed by atoms with van der Waals surface area (Å²) in [5, 5.41) is 11.3. The molecule has 1 amide bonds. The third kappa shape index (κ3) is 3.05. The first-order valence-corrected chi connectivity index (χ1v) is 4.62. The highest BCUT2D eigenvalue weighted by Gasteiger charge is 2.07. The van der Waals surface area contributed by atoms with Crippen LogP contribution in [0.25, 0.3) is 0 Å². The van der Waals surface area contributed by atoms with Crippen LogP contribution in [0.2, 0.25) is 0 Å². The fourth-order valence-electron chi connectivity index (χ4n) is 0.995. The van der Waals surface area contributed by atoms with E-state index in [1.54, 1.807) is 0 Å². The lowest BCUT2D eigenvalue weighted by Gasteiger charge is -2.02. The van der Waals surface area contributed by atoms with Gasteiger partial charge in [-0.05, 0) is 18.6 Å². The highest BCUT2D eigenvalue weighted by Crippen LogP contribution is 2.00.